The number of nitrogens with zero attached hydrogens (tertiary/aromatic N) is 1. The zero-order valence-corrected chi connectivity index (χ0v) is 26.0. The van der Waals surface area contributed by atoms with Crippen LogP contribution < -0.4 is 26.0 Å². The number of amides is 3. The molecule has 2 aromatic rings. The summed E-state index contributed by atoms with van der Waals surface area (Å²) in [5.41, 5.74) is 0.448. The standard InChI is InChI=1S/C32H44F3N5O4/c1-20(2)28-31(43)38-26(19-40(4)5)29(41)37-18-21(3)15-23-10-6-7-12-27(23)44-14-13-36-25(30(42)39-28)17-22-9-8-11-24(16-22)32(33,34)35/h6-12,16,20-21,25-26,28,36H,13-15,17-19H2,1-5H3,(H,37,41)(H,38,43)(H,39,42). The fourth-order valence-corrected chi connectivity index (χ4v) is 5.03. The average Bonchev–Trinajstić information content (AvgIpc) is 2.95. The third-order valence-electron chi connectivity index (χ3n) is 7.35. The molecule has 4 N–H and O–H groups in total. The minimum atomic E-state index is -4.53. The Balaban J connectivity index is 1.93. The predicted molar refractivity (Wildman–Crippen MR) is 162 cm³/mol. The van der Waals surface area contributed by atoms with Crippen molar-refractivity contribution >= 4 is 17.7 Å². The highest BCUT2D eigenvalue weighted by molar-refractivity contribution is 5.93. The van der Waals surface area contributed by atoms with Gasteiger partial charge in [-0.15, -0.1) is 0 Å². The molecule has 2 aromatic carbocycles. The molecule has 0 fully saturated rings. The summed E-state index contributed by atoms with van der Waals surface area (Å²) in [6, 6.07) is 9.55. The lowest BCUT2D eigenvalue weighted by molar-refractivity contribution is -0.137. The second kappa shape index (κ2) is 15.9. The van der Waals surface area contributed by atoms with Crippen LogP contribution in [0.5, 0.6) is 5.75 Å². The summed E-state index contributed by atoms with van der Waals surface area (Å²) < 4.78 is 46.2. The Bertz CT molecular complexity index is 1270. The van der Waals surface area contributed by atoms with Gasteiger partial charge in [0.15, 0.2) is 0 Å². The molecule has 0 spiro atoms. The van der Waals surface area contributed by atoms with Crippen molar-refractivity contribution in [2.75, 3.05) is 40.3 Å². The van der Waals surface area contributed by atoms with E-state index in [1.807, 2.05) is 31.2 Å². The summed E-state index contributed by atoms with van der Waals surface area (Å²) in [5.74, 6) is -1.04. The minimum absolute atomic E-state index is 0.0536. The van der Waals surface area contributed by atoms with E-state index in [0.29, 0.717) is 24.3 Å². The lowest BCUT2D eigenvalue weighted by Gasteiger charge is -2.29. The smallest absolute Gasteiger partial charge is 0.416 e. The Morgan fingerprint density at radius 3 is 2.36 bits per heavy atom. The maximum Gasteiger partial charge on any atom is 0.416 e. The number of rotatable bonds is 5. The van der Waals surface area contributed by atoms with Crippen molar-refractivity contribution in [3.63, 3.8) is 0 Å². The van der Waals surface area contributed by atoms with Gasteiger partial charge in [-0.1, -0.05) is 57.2 Å². The van der Waals surface area contributed by atoms with E-state index in [0.717, 1.165) is 17.7 Å². The monoisotopic (exact) mass is 619 g/mol. The molecule has 3 rings (SSSR count). The van der Waals surface area contributed by atoms with Crippen LogP contribution in [0.2, 0.25) is 0 Å². The van der Waals surface area contributed by atoms with Crippen LogP contribution in [0.1, 0.15) is 37.5 Å². The molecule has 3 amide bonds. The van der Waals surface area contributed by atoms with Gasteiger partial charge in [0.25, 0.3) is 0 Å². The largest absolute Gasteiger partial charge is 0.492 e. The second-order valence-corrected chi connectivity index (χ2v) is 12.0. The Morgan fingerprint density at radius 1 is 0.955 bits per heavy atom. The summed E-state index contributed by atoms with van der Waals surface area (Å²) in [6.07, 6.45) is -3.95. The van der Waals surface area contributed by atoms with Crippen molar-refractivity contribution < 1.29 is 32.3 Å². The highest BCUT2D eigenvalue weighted by Crippen LogP contribution is 2.30. The van der Waals surface area contributed by atoms with Gasteiger partial charge in [-0.25, -0.2) is 0 Å². The summed E-state index contributed by atoms with van der Waals surface area (Å²) >= 11 is 0. The van der Waals surface area contributed by atoms with Crippen LogP contribution in [0.25, 0.3) is 0 Å². The van der Waals surface area contributed by atoms with E-state index in [4.69, 9.17) is 4.74 Å². The van der Waals surface area contributed by atoms with Gasteiger partial charge in [0.1, 0.15) is 24.4 Å². The Kier molecular flexibility index (Phi) is 12.6. The molecule has 4 unspecified atom stereocenters. The number of para-hydroxylation sites is 1. The number of ether oxygens (including phenoxy) is 1. The summed E-state index contributed by atoms with van der Waals surface area (Å²) in [5, 5.41) is 11.6. The molecule has 0 bridgehead atoms. The molecule has 4 atom stereocenters. The van der Waals surface area contributed by atoms with Gasteiger partial charge in [-0.2, -0.15) is 13.2 Å². The number of halogens is 3. The van der Waals surface area contributed by atoms with Crippen LogP contribution in [-0.2, 0) is 33.4 Å². The Morgan fingerprint density at radius 2 is 1.68 bits per heavy atom. The lowest BCUT2D eigenvalue weighted by atomic mass is 9.99. The molecule has 0 saturated carbocycles. The Labute approximate surface area is 257 Å². The molecular formula is C32H44F3N5O4. The molecule has 9 nitrogen and oxygen atoms in total. The molecule has 0 aromatic heterocycles. The van der Waals surface area contributed by atoms with Crippen molar-refractivity contribution in [3.8, 4) is 5.75 Å². The van der Waals surface area contributed by atoms with Crippen molar-refractivity contribution in [2.24, 2.45) is 11.8 Å². The number of fused-ring (bicyclic) bond motifs is 1. The van der Waals surface area contributed by atoms with Gasteiger partial charge in [0, 0.05) is 19.6 Å². The van der Waals surface area contributed by atoms with Crippen LogP contribution in [0, 0.1) is 11.8 Å². The van der Waals surface area contributed by atoms with Crippen LogP contribution in [0.3, 0.4) is 0 Å². The maximum absolute atomic E-state index is 13.6. The van der Waals surface area contributed by atoms with Crippen LogP contribution in [0.4, 0.5) is 13.2 Å². The molecule has 44 heavy (non-hydrogen) atoms. The predicted octanol–water partition coefficient (Wildman–Crippen LogP) is 2.78. The van der Waals surface area contributed by atoms with E-state index < -0.39 is 41.7 Å². The van der Waals surface area contributed by atoms with E-state index in [-0.39, 0.29) is 43.9 Å². The fourth-order valence-electron chi connectivity index (χ4n) is 5.03. The number of nitrogens with one attached hydrogen (secondary N) is 4. The quantitative estimate of drug-likeness (QED) is 0.410. The third kappa shape index (κ3) is 10.5. The van der Waals surface area contributed by atoms with Gasteiger partial charge in [0.2, 0.25) is 17.7 Å². The molecular weight excluding hydrogens is 575 g/mol. The number of hydrogen-bond donors (Lipinski definition) is 4. The van der Waals surface area contributed by atoms with E-state index in [1.165, 1.54) is 12.1 Å². The average molecular weight is 620 g/mol. The number of benzene rings is 2. The fraction of sp³-hybridized carbons (Fsp3) is 0.531. The molecule has 1 aliphatic heterocycles. The van der Waals surface area contributed by atoms with Crippen LogP contribution in [0.15, 0.2) is 48.5 Å². The van der Waals surface area contributed by atoms with Crippen LogP contribution >= 0.6 is 0 Å². The summed E-state index contributed by atoms with van der Waals surface area (Å²) in [7, 11) is 3.58. The molecule has 242 valence electrons. The first-order chi connectivity index (χ1) is 20.7. The third-order valence-corrected chi connectivity index (χ3v) is 7.35. The van der Waals surface area contributed by atoms with Gasteiger partial charge in [0.05, 0.1) is 11.6 Å². The van der Waals surface area contributed by atoms with Gasteiger partial charge in [-0.05, 0) is 62.0 Å². The van der Waals surface area contributed by atoms with Crippen molar-refractivity contribution in [1.82, 2.24) is 26.2 Å². The normalized spacial score (nSPS) is 23.1. The number of carbonyl (C=O) groups excluding carboxylic acids is 3. The number of alkyl halides is 3. The molecule has 1 aliphatic rings. The zero-order chi connectivity index (χ0) is 32.4. The minimum Gasteiger partial charge on any atom is -0.492 e. The van der Waals surface area contributed by atoms with Crippen molar-refractivity contribution in [1.29, 1.82) is 0 Å². The molecule has 1 heterocycles. The number of likely N-dealkylation sites (N-methyl/N-ethyl adjacent to an activating group) is 1. The highest BCUT2D eigenvalue weighted by Gasteiger charge is 2.33. The molecule has 0 saturated heterocycles. The van der Waals surface area contributed by atoms with Gasteiger partial charge < -0.3 is 30.9 Å². The van der Waals surface area contributed by atoms with Crippen LogP contribution in [-0.4, -0.2) is 81.1 Å². The topological polar surface area (TPSA) is 112 Å². The summed E-state index contributed by atoms with van der Waals surface area (Å²) in [6.45, 7) is 6.57. The Hall–Kier alpha value is -3.64. The SMILES string of the molecule is CC1CNC(=O)C(CN(C)C)NC(=O)C(C(C)C)NC(=O)C(Cc2cccc(C(F)(F)F)c2)NCCOc2ccccc2C1. The maximum atomic E-state index is 13.6. The first-order valence-electron chi connectivity index (χ1n) is 14.9. The zero-order valence-electron chi connectivity index (χ0n) is 26.0. The van der Waals surface area contributed by atoms with Gasteiger partial charge >= 0.3 is 6.18 Å². The number of hydrogen-bond acceptors (Lipinski definition) is 6. The van der Waals surface area contributed by atoms with Crippen molar-refractivity contribution in [2.45, 2.75) is 57.9 Å². The van der Waals surface area contributed by atoms with E-state index >= 15 is 0 Å². The first-order valence-corrected chi connectivity index (χ1v) is 14.9. The van der Waals surface area contributed by atoms with Gasteiger partial charge in [-0.3, -0.25) is 14.4 Å². The molecule has 0 radical (unpaired) electrons. The molecule has 0 aliphatic carbocycles. The first kappa shape index (κ1) is 34.8. The number of carbonyl (C=O) groups is 3. The highest BCUT2D eigenvalue weighted by atomic mass is 19.4. The van der Waals surface area contributed by atoms with E-state index in [1.54, 1.807) is 32.8 Å². The molecule has 12 heteroatoms. The van der Waals surface area contributed by atoms with E-state index in [9.17, 15) is 27.6 Å². The second-order valence-electron chi connectivity index (χ2n) is 12.0. The van der Waals surface area contributed by atoms with Crippen molar-refractivity contribution in [3.05, 3.63) is 65.2 Å². The summed E-state index contributed by atoms with van der Waals surface area (Å²) in [4.78, 5) is 42.1. The van der Waals surface area contributed by atoms with E-state index in [2.05, 4.69) is 21.3 Å². The lowest BCUT2D eigenvalue weighted by Crippen LogP contribution is -2.60.